The molecule has 1 amide bonds. The van der Waals surface area contributed by atoms with Gasteiger partial charge in [0, 0.05) is 12.6 Å². The Morgan fingerprint density at radius 3 is 2.13 bits per heavy atom. The van der Waals surface area contributed by atoms with Gasteiger partial charge in [-0.2, -0.15) is 0 Å². The molecule has 0 aliphatic heterocycles. The third-order valence-corrected chi connectivity index (χ3v) is 2.91. The quantitative estimate of drug-likeness (QED) is 0.688. The molecule has 0 aromatic carbocycles. The second kappa shape index (κ2) is 6.08. The minimum absolute atomic E-state index is 0.0204. The van der Waals surface area contributed by atoms with E-state index >= 15 is 0 Å². The Morgan fingerprint density at radius 1 is 1.40 bits per heavy atom. The summed E-state index contributed by atoms with van der Waals surface area (Å²) in [6, 6.07) is 0.0747. The van der Waals surface area contributed by atoms with Gasteiger partial charge in [-0.25, -0.2) is 0 Å². The zero-order valence-corrected chi connectivity index (χ0v) is 10.3. The van der Waals surface area contributed by atoms with Crippen LogP contribution in [0.1, 0.15) is 40.5 Å². The standard InChI is InChI=1S/C11H24N2O2/c1-5-11(12,6-2)10(15)13(7-8-14)9(3)4/h9,14H,5-8,12H2,1-4H3. The lowest BCUT2D eigenvalue weighted by Crippen LogP contribution is -2.56. The molecule has 0 aliphatic rings. The Bertz CT molecular complexity index is 201. The summed E-state index contributed by atoms with van der Waals surface area (Å²) in [6.45, 7) is 8.03. The van der Waals surface area contributed by atoms with E-state index in [0.29, 0.717) is 19.4 Å². The molecule has 0 heterocycles. The van der Waals surface area contributed by atoms with Gasteiger partial charge >= 0.3 is 0 Å². The molecule has 0 fully saturated rings. The van der Waals surface area contributed by atoms with Crippen molar-refractivity contribution in [2.45, 2.75) is 52.1 Å². The second-order valence-electron chi connectivity index (χ2n) is 4.18. The van der Waals surface area contributed by atoms with Crippen molar-refractivity contribution in [2.24, 2.45) is 5.73 Å². The van der Waals surface area contributed by atoms with Gasteiger partial charge in [-0.05, 0) is 26.7 Å². The molecule has 0 atom stereocenters. The molecule has 15 heavy (non-hydrogen) atoms. The molecule has 0 unspecified atom stereocenters. The van der Waals surface area contributed by atoms with Gasteiger partial charge in [0.1, 0.15) is 0 Å². The molecule has 0 rings (SSSR count). The van der Waals surface area contributed by atoms with E-state index in [1.165, 1.54) is 0 Å². The minimum atomic E-state index is -0.778. The van der Waals surface area contributed by atoms with Crippen LogP contribution in [0.5, 0.6) is 0 Å². The van der Waals surface area contributed by atoms with E-state index in [-0.39, 0.29) is 18.6 Å². The van der Waals surface area contributed by atoms with Gasteiger partial charge in [-0.1, -0.05) is 13.8 Å². The monoisotopic (exact) mass is 216 g/mol. The van der Waals surface area contributed by atoms with Crippen LogP contribution < -0.4 is 5.73 Å². The van der Waals surface area contributed by atoms with Crippen molar-refractivity contribution < 1.29 is 9.90 Å². The van der Waals surface area contributed by atoms with Crippen LogP contribution >= 0.6 is 0 Å². The summed E-state index contributed by atoms with van der Waals surface area (Å²) in [5.41, 5.74) is 5.26. The molecule has 0 spiro atoms. The van der Waals surface area contributed by atoms with E-state index in [0.717, 1.165) is 0 Å². The molecule has 3 N–H and O–H groups in total. The number of rotatable bonds is 6. The average molecular weight is 216 g/mol. The van der Waals surface area contributed by atoms with E-state index in [1.54, 1.807) is 4.90 Å². The smallest absolute Gasteiger partial charge is 0.242 e. The lowest BCUT2D eigenvalue weighted by molar-refractivity contribution is -0.139. The fourth-order valence-electron chi connectivity index (χ4n) is 1.54. The number of nitrogens with two attached hydrogens (primary N) is 1. The molecule has 90 valence electrons. The summed E-state index contributed by atoms with van der Waals surface area (Å²) in [6.07, 6.45) is 1.24. The van der Waals surface area contributed by atoms with Crippen molar-refractivity contribution in [1.82, 2.24) is 4.90 Å². The predicted octanol–water partition coefficient (Wildman–Crippen LogP) is 0.733. The van der Waals surface area contributed by atoms with Gasteiger partial charge in [-0.3, -0.25) is 4.79 Å². The molecule has 4 heteroatoms. The molecular formula is C11H24N2O2. The van der Waals surface area contributed by atoms with Crippen LogP contribution in [0, 0.1) is 0 Å². The van der Waals surface area contributed by atoms with Crippen LogP contribution in [0.2, 0.25) is 0 Å². The third kappa shape index (κ3) is 3.47. The minimum Gasteiger partial charge on any atom is -0.395 e. The van der Waals surface area contributed by atoms with E-state index in [9.17, 15) is 4.79 Å². The Labute approximate surface area is 92.4 Å². The number of aliphatic hydroxyl groups excluding tert-OH is 1. The largest absolute Gasteiger partial charge is 0.395 e. The summed E-state index contributed by atoms with van der Waals surface area (Å²) in [5.74, 6) is -0.0587. The van der Waals surface area contributed by atoms with Crippen LogP contribution in [0.25, 0.3) is 0 Å². The number of hydrogen-bond acceptors (Lipinski definition) is 3. The van der Waals surface area contributed by atoms with Crippen LogP contribution in [0.4, 0.5) is 0 Å². The van der Waals surface area contributed by atoms with Gasteiger partial charge < -0.3 is 15.7 Å². The van der Waals surface area contributed by atoms with E-state index in [4.69, 9.17) is 10.8 Å². The average Bonchev–Trinajstić information content (AvgIpc) is 2.23. The number of nitrogens with zero attached hydrogens (tertiary/aromatic N) is 1. The lowest BCUT2D eigenvalue weighted by Gasteiger charge is -2.35. The van der Waals surface area contributed by atoms with E-state index in [2.05, 4.69) is 0 Å². The molecule has 4 nitrogen and oxygen atoms in total. The Morgan fingerprint density at radius 2 is 1.87 bits per heavy atom. The normalized spacial score (nSPS) is 11.9. The maximum absolute atomic E-state index is 12.1. The Balaban J connectivity index is 4.75. The zero-order valence-electron chi connectivity index (χ0n) is 10.3. The summed E-state index contributed by atoms with van der Waals surface area (Å²) < 4.78 is 0. The van der Waals surface area contributed by atoms with Crippen molar-refractivity contribution in [2.75, 3.05) is 13.2 Å². The molecule has 0 radical (unpaired) electrons. The first-order valence-corrected chi connectivity index (χ1v) is 5.63. The summed E-state index contributed by atoms with van der Waals surface area (Å²) in [5, 5.41) is 8.91. The summed E-state index contributed by atoms with van der Waals surface area (Å²) in [4.78, 5) is 13.8. The first-order valence-electron chi connectivity index (χ1n) is 5.63. The van der Waals surface area contributed by atoms with Crippen LogP contribution in [-0.4, -0.2) is 40.6 Å². The van der Waals surface area contributed by atoms with Gasteiger partial charge in [-0.15, -0.1) is 0 Å². The van der Waals surface area contributed by atoms with Crippen molar-refractivity contribution in [3.63, 3.8) is 0 Å². The molecule has 0 aliphatic carbocycles. The highest BCUT2D eigenvalue weighted by atomic mass is 16.3. The molecule has 0 aromatic rings. The highest BCUT2D eigenvalue weighted by Crippen LogP contribution is 2.16. The first-order chi connectivity index (χ1) is 6.92. The molecular weight excluding hydrogens is 192 g/mol. The highest BCUT2D eigenvalue weighted by molar-refractivity contribution is 5.86. The van der Waals surface area contributed by atoms with E-state index in [1.807, 2.05) is 27.7 Å². The number of carbonyl (C=O) groups excluding carboxylic acids is 1. The maximum atomic E-state index is 12.1. The topological polar surface area (TPSA) is 66.6 Å². The highest BCUT2D eigenvalue weighted by Gasteiger charge is 2.34. The molecule has 0 saturated heterocycles. The number of aliphatic hydroxyl groups is 1. The SMILES string of the molecule is CCC(N)(CC)C(=O)N(CCO)C(C)C. The van der Waals surface area contributed by atoms with Gasteiger partial charge in [0.2, 0.25) is 5.91 Å². The third-order valence-electron chi connectivity index (χ3n) is 2.91. The summed E-state index contributed by atoms with van der Waals surface area (Å²) >= 11 is 0. The Hall–Kier alpha value is -0.610. The van der Waals surface area contributed by atoms with Gasteiger partial charge in [0.25, 0.3) is 0 Å². The molecule has 0 bridgehead atoms. The van der Waals surface area contributed by atoms with Crippen molar-refractivity contribution in [3.8, 4) is 0 Å². The van der Waals surface area contributed by atoms with Gasteiger partial charge in [0.05, 0.1) is 12.1 Å². The lowest BCUT2D eigenvalue weighted by atomic mass is 9.92. The number of amides is 1. The van der Waals surface area contributed by atoms with Crippen molar-refractivity contribution in [3.05, 3.63) is 0 Å². The number of carbonyl (C=O) groups is 1. The van der Waals surface area contributed by atoms with Crippen LogP contribution in [0.3, 0.4) is 0 Å². The van der Waals surface area contributed by atoms with Gasteiger partial charge in [0.15, 0.2) is 0 Å². The predicted molar refractivity (Wildman–Crippen MR) is 61.4 cm³/mol. The van der Waals surface area contributed by atoms with Crippen LogP contribution in [0.15, 0.2) is 0 Å². The fraction of sp³-hybridized carbons (Fsp3) is 0.909. The second-order valence-corrected chi connectivity index (χ2v) is 4.18. The fourth-order valence-corrected chi connectivity index (χ4v) is 1.54. The van der Waals surface area contributed by atoms with Crippen molar-refractivity contribution >= 4 is 5.91 Å². The summed E-state index contributed by atoms with van der Waals surface area (Å²) in [7, 11) is 0. The van der Waals surface area contributed by atoms with Crippen molar-refractivity contribution in [1.29, 1.82) is 0 Å². The first kappa shape index (κ1) is 14.4. The number of hydrogen-bond donors (Lipinski definition) is 2. The molecule has 0 aromatic heterocycles. The maximum Gasteiger partial charge on any atom is 0.242 e. The molecule has 0 saturated carbocycles. The Kier molecular flexibility index (Phi) is 5.83. The van der Waals surface area contributed by atoms with E-state index < -0.39 is 5.54 Å². The van der Waals surface area contributed by atoms with Crippen LogP contribution in [-0.2, 0) is 4.79 Å². The zero-order chi connectivity index (χ0) is 12.1.